The highest BCUT2D eigenvalue weighted by atomic mass is 19.1. The minimum Gasteiger partial charge on any atom is -0.380 e. The Bertz CT molecular complexity index is 425. The molecule has 1 amide bonds. The zero-order chi connectivity index (χ0) is 13.7. The van der Waals surface area contributed by atoms with Crippen LogP contribution in [0.1, 0.15) is 25.7 Å². The molecule has 19 heavy (non-hydrogen) atoms. The van der Waals surface area contributed by atoms with E-state index in [1.54, 1.807) is 0 Å². The van der Waals surface area contributed by atoms with Gasteiger partial charge >= 0.3 is 0 Å². The maximum Gasteiger partial charge on any atom is 0.224 e. The number of anilines is 1. The van der Waals surface area contributed by atoms with Gasteiger partial charge in [-0.1, -0.05) is 6.07 Å². The van der Waals surface area contributed by atoms with E-state index in [0.717, 1.165) is 25.9 Å². The number of benzene rings is 1. The lowest BCUT2D eigenvalue weighted by Crippen LogP contribution is -2.36. The summed E-state index contributed by atoms with van der Waals surface area (Å²) in [6.45, 7) is 1.84. The van der Waals surface area contributed by atoms with Gasteiger partial charge in [-0.15, -0.1) is 0 Å². The predicted octanol–water partition coefficient (Wildman–Crippen LogP) is 2.78. The third kappa shape index (κ3) is 3.66. The molecule has 1 aliphatic rings. The molecule has 3 nitrogen and oxygen atoms in total. The molecule has 104 valence electrons. The van der Waals surface area contributed by atoms with Crippen molar-refractivity contribution in [3.63, 3.8) is 0 Å². The van der Waals surface area contributed by atoms with Crippen molar-refractivity contribution in [3.8, 4) is 0 Å². The molecule has 0 bridgehead atoms. The van der Waals surface area contributed by atoms with Gasteiger partial charge in [-0.25, -0.2) is 8.78 Å². The van der Waals surface area contributed by atoms with E-state index >= 15 is 0 Å². The normalized spacial score (nSPS) is 15.4. The van der Waals surface area contributed by atoms with Crippen LogP contribution in [0.3, 0.4) is 0 Å². The van der Waals surface area contributed by atoms with Gasteiger partial charge in [0.25, 0.3) is 0 Å². The van der Waals surface area contributed by atoms with Gasteiger partial charge in [0, 0.05) is 26.1 Å². The number of nitrogens with zero attached hydrogens (tertiary/aromatic N) is 1. The van der Waals surface area contributed by atoms with Gasteiger partial charge in [0.2, 0.25) is 5.91 Å². The second-order valence-electron chi connectivity index (χ2n) is 4.71. The molecule has 1 fully saturated rings. The zero-order valence-electron chi connectivity index (χ0n) is 10.8. The van der Waals surface area contributed by atoms with Gasteiger partial charge in [-0.2, -0.15) is 0 Å². The van der Waals surface area contributed by atoms with Crippen LogP contribution in [0.4, 0.5) is 14.5 Å². The van der Waals surface area contributed by atoms with Gasteiger partial charge in [0.15, 0.2) is 0 Å². The number of likely N-dealkylation sites (tertiary alicyclic amines) is 1. The molecule has 2 rings (SSSR count). The molecule has 1 aromatic carbocycles. The van der Waals surface area contributed by atoms with Crippen LogP contribution >= 0.6 is 0 Å². The quantitative estimate of drug-likeness (QED) is 0.910. The summed E-state index contributed by atoms with van der Waals surface area (Å²) >= 11 is 0. The first-order valence-electron chi connectivity index (χ1n) is 6.64. The number of halogens is 2. The highest BCUT2D eigenvalue weighted by Gasteiger charge is 2.16. The second kappa shape index (κ2) is 6.50. The maximum absolute atomic E-state index is 13.3. The summed E-state index contributed by atoms with van der Waals surface area (Å²) in [7, 11) is 0. The summed E-state index contributed by atoms with van der Waals surface area (Å²) in [5.41, 5.74) is -0.158. The molecule has 0 aromatic heterocycles. The molecular weight excluding hydrogens is 250 g/mol. The molecule has 1 aliphatic heterocycles. The first-order chi connectivity index (χ1) is 9.18. The smallest absolute Gasteiger partial charge is 0.224 e. The van der Waals surface area contributed by atoms with Crippen molar-refractivity contribution in [2.75, 3.05) is 25.0 Å². The molecule has 0 aliphatic carbocycles. The fourth-order valence-corrected chi connectivity index (χ4v) is 2.26. The van der Waals surface area contributed by atoms with Crippen molar-refractivity contribution < 1.29 is 13.6 Å². The number of carbonyl (C=O) groups excluding carboxylic acids is 1. The fraction of sp³-hybridized carbons (Fsp3) is 0.500. The number of piperidine rings is 1. The van der Waals surface area contributed by atoms with Crippen LogP contribution in [-0.4, -0.2) is 30.4 Å². The van der Waals surface area contributed by atoms with Gasteiger partial charge in [-0.05, 0) is 31.4 Å². The average Bonchev–Trinajstić information content (AvgIpc) is 2.43. The molecule has 1 heterocycles. The molecule has 1 saturated heterocycles. The molecule has 0 unspecified atom stereocenters. The topological polar surface area (TPSA) is 32.3 Å². The van der Waals surface area contributed by atoms with Crippen molar-refractivity contribution in [2.45, 2.75) is 25.7 Å². The highest BCUT2D eigenvalue weighted by Crippen LogP contribution is 2.18. The SMILES string of the molecule is O=C(CCNc1c(F)cccc1F)N1CCCCC1. The van der Waals surface area contributed by atoms with E-state index in [9.17, 15) is 13.6 Å². The second-order valence-corrected chi connectivity index (χ2v) is 4.71. The number of amides is 1. The number of nitrogens with one attached hydrogen (secondary N) is 1. The fourth-order valence-electron chi connectivity index (χ4n) is 2.26. The Morgan fingerprint density at radius 1 is 1.16 bits per heavy atom. The van der Waals surface area contributed by atoms with Crippen molar-refractivity contribution in [1.29, 1.82) is 0 Å². The summed E-state index contributed by atoms with van der Waals surface area (Å²) in [6, 6.07) is 3.70. The largest absolute Gasteiger partial charge is 0.380 e. The van der Waals surface area contributed by atoms with E-state index in [1.807, 2.05) is 4.90 Å². The van der Waals surface area contributed by atoms with Crippen molar-refractivity contribution in [1.82, 2.24) is 4.90 Å². The van der Waals surface area contributed by atoms with Crippen LogP contribution in [-0.2, 0) is 4.79 Å². The summed E-state index contributed by atoms with van der Waals surface area (Å²) in [6.07, 6.45) is 3.51. The number of carbonyl (C=O) groups is 1. The van der Waals surface area contributed by atoms with Gasteiger partial charge < -0.3 is 10.2 Å². The number of rotatable bonds is 4. The van der Waals surface area contributed by atoms with Gasteiger partial charge in [0.1, 0.15) is 17.3 Å². The lowest BCUT2D eigenvalue weighted by molar-refractivity contribution is -0.131. The minimum atomic E-state index is -0.634. The third-order valence-electron chi connectivity index (χ3n) is 3.31. The summed E-state index contributed by atoms with van der Waals surface area (Å²) in [4.78, 5) is 13.7. The first-order valence-corrected chi connectivity index (χ1v) is 6.64. The van der Waals surface area contributed by atoms with Crippen LogP contribution in [0.2, 0.25) is 0 Å². The number of hydrogen-bond donors (Lipinski definition) is 1. The Morgan fingerprint density at radius 3 is 2.42 bits per heavy atom. The summed E-state index contributed by atoms with van der Waals surface area (Å²) < 4.78 is 26.7. The minimum absolute atomic E-state index is 0.0453. The van der Waals surface area contributed by atoms with E-state index in [2.05, 4.69) is 5.32 Å². The van der Waals surface area contributed by atoms with Crippen molar-refractivity contribution in [2.24, 2.45) is 0 Å². The molecule has 0 saturated carbocycles. The van der Waals surface area contributed by atoms with Crippen LogP contribution in [0, 0.1) is 11.6 Å². The van der Waals surface area contributed by atoms with Crippen molar-refractivity contribution >= 4 is 11.6 Å². The lowest BCUT2D eigenvalue weighted by Gasteiger charge is -2.26. The standard InChI is InChI=1S/C14H18F2N2O/c15-11-5-4-6-12(16)14(11)17-8-7-13(19)18-9-2-1-3-10-18/h4-6,17H,1-3,7-10H2. The lowest BCUT2D eigenvalue weighted by atomic mass is 10.1. The third-order valence-corrected chi connectivity index (χ3v) is 3.31. The summed E-state index contributed by atoms with van der Waals surface area (Å²) in [5, 5.41) is 2.65. The van der Waals surface area contributed by atoms with Crippen LogP contribution in [0.15, 0.2) is 18.2 Å². The van der Waals surface area contributed by atoms with Gasteiger partial charge in [0.05, 0.1) is 0 Å². The molecule has 0 radical (unpaired) electrons. The van der Waals surface area contributed by atoms with E-state index in [-0.39, 0.29) is 24.6 Å². The zero-order valence-corrected chi connectivity index (χ0v) is 10.8. The maximum atomic E-state index is 13.3. The predicted molar refractivity (Wildman–Crippen MR) is 69.9 cm³/mol. The van der Waals surface area contributed by atoms with E-state index in [0.29, 0.717) is 0 Å². The Balaban J connectivity index is 1.81. The van der Waals surface area contributed by atoms with Crippen molar-refractivity contribution in [3.05, 3.63) is 29.8 Å². The Morgan fingerprint density at radius 2 is 1.79 bits per heavy atom. The molecular formula is C14H18F2N2O. The molecule has 0 spiro atoms. The van der Waals surface area contributed by atoms with E-state index in [1.165, 1.54) is 24.6 Å². The van der Waals surface area contributed by atoms with Crippen LogP contribution in [0.5, 0.6) is 0 Å². The first kappa shape index (κ1) is 13.8. The monoisotopic (exact) mass is 268 g/mol. The molecule has 1 aromatic rings. The van der Waals surface area contributed by atoms with Crippen LogP contribution < -0.4 is 5.32 Å². The van der Waals surface area contributed by atoms with E-state index in [4.69, 9.17) is 0 Å². The van der Waals surface area contributed by atoms with Gasteiger partial charge in [-0.3, -0.25) is 4.79 Å². The molecule has 0 atom stereocenters. The van der Waals surface area contributed by atoms with Crippen LogP contribution in [0.25, 0.3) is 0 Å². The Kier molecular flexibility index (Phi) is 4.71. The molecule has 5 heteroatoms. The average molecular weight is 268 g/mol. The Hall–Kier alpha value is -1.65. The Labute approximate surface area is 111 Å². The van der Waals surface area contributed by atoms with E-state index < -0.39 is 11.6 Å². The number of para-hydroxylation sites is 1. The highest BCUT2D eigenvalue weighted by molar-refractivity contribution is 5.76. The summed E-state index contributed by atoms with van der Waals surface area (Å²) in [5.74, 6) is -1.22. The number of hydrogen-bond acceptors (Lipinski definition) is 2. The molecule has 1 N–H and O–H groups in total.